The lowest BCUT2D eigenvalue weighted by molar-refractivity contribution is 0.0813. The molecule has 0 spiro atoms. The standard InChI is InChI=1S/C11H26N2O/c1-6-10(7-14-5)13(4)9-11(2,3)8-12/h10H,6-9,12H2,1-5H3. The van der Waals surface area contributed by atoms with E-state index in [4.69, 9.17) is 10.5 Å². The van der Waals surface area contributed by atoms with Crippen LogP contribution in [0.25, 0.3) is 0 Å². The molecule has 0 aromatic rings. The van der Waals surface area contributed by atoms with E-state index in [0.29, 0.717) is 6.04 Å². The van der Waals surface area contributed by atoms with E-state index in [1.54, 1.807) is 7.11 Å². The maximum absolute atomic E-state index is 5.71. The highest BCUT2D eigenvalue weighted by Gasteiger charge is 2.21. The molecule has 0 aliphatic carbocycles. The summed E-state index contributed by atoms with van der Waals surface area (Å²) in [4.78, 5) is 2.34. The second kappa shape index (κ2) is 6.38. The molecule has 86 valence electrons. The monoisotopic (exact) mass is 202 g/mol. The van der Waals surface area contributed by atoms with Crippen molar-refractivity contribution in [1.82, 2.24) is 4.90 Å². The smallest absolute Gasteiger partial charge is 0.0617 e. The lowest BCUT2D eigenvalue weighted by atomic mass is 9.92. The fourth-order valence-electron chi connectivity index (χ4n) is 1.62. The molecule has 0 heterocycles. The van der Waals surface area contributed by atoms with Crippen LogP contribution in [0.3, 0.4) is 0 Å². The van der Waals surface area contributed by atoms with Gasteiger partial charge in [0.1, 0.15) is 0 Å². The van der Waals surface area contributed by atoms with Crippen LogP contribution in [0.2, 0.25) is 0 Å². The van der Waals surface area contributed by atoms with Gasteiger partial charge in [-0.1, -0.05) is 20.8 Å². The van der Waals surface area contributed by atoms with Crippen LogP contribution in [0, 0.1) is 5.41 Å². The van der Waals surface area contributed by atoms with Gasteiger partial charge < -0.3 is 15.4 Å². The van der Waals surface area contributed by atoms with Crippen LogP contribution in [0.1, 0.15) is 27.2 Å². The van der Waals surface area contributed by atoms with Gasteiger partial charge in [-0.15, -0.1) is 0 Å². The zero-order valence-electron chi connectivity index (χ0n) is 10.3. The molecule has 3 nitrogen and oxygen atoms in total. The summed E-state index contributed by atoms with van der Waals surface area (Å²) >= 11 is 0. The highest BCUT2D eigenvalue weighted by Crippen LogP contribution is 2.16. The molecule has 0 aliphatic rings. The molecule has 0 aliphatic heterocycles. The topological polar surface area (TPSA) is 38.5 Å². The number of nitrogens with two attached hydrogens (primary N) is 1. The van der Waals surface area contributed by atoms with Gasteiger partial charge in [0, 0.05) is 19.7 Å². The van der Waals surface area contributed by atoms with Gasteiger partial charge in [0.05, 0.1) is 6.61 Å². The van der Waals surface area contributed by atoms with E-state index in [-0.39, 0.29) is 5.41 Å². The molecule has 2 N–H and O–H groups in total. The highest BCUT2D eigenvalue weighted by atomic mass is 16.5. The van der Waals surface area contributed by atoms with Crippen molar-refractivity contribution in [3.63, 3.8) is 0 Å². The van der Waals surface area contributed by atoms with E-state index in [1.807, 2.05) is 0 Å². The Balaban J connectivity index is 4.09. The van der Waals surface area contributed by atoms with E-state index in [1.165, 1.54) is 0 Å². The van der Waals surface area contributed by atoms with E-state index in [0.717, 1.165) is 26.1 Å². The van der Waals surface area contributed by atoms with Crippen LogP contribution in [0.4, 0.5) is 0 Å². The number of methoxy groups -OCH3 is 1. The van der Waals surface area contributed by atoms with Gasteiger partial charge in [-0.2, -0.15) is 0 Å². The van der Waals surface area contributed by atoms with Crippen LogP contribution in [0.5, 0.6) is 0 Å². The molecule has 3 heteroatoms. The summed E-state index contributed by atoms with van der Waals surface area (Å²) in [7, 11) is 3.90. The Bertz CT molecular complexity index is 148. The zero-order valence-corrected chi connectivity index (χ0v) is 10.3. The number of ether oxygens (including phenoxy) is 1. The zero-order chi connectivity index (χ0) is 11.2. The number of rotatable bonds is 7. The third-order valence-electron chi connectivity index (χ3n) is 2.68. The van der Waals surface area contributed by atoms with E-state index in [9.17, 15) is 0 Å². The minimum atomic E-state index is 0.190. The molecule has 0 bridgehead atoms. The van der Waals surface area contributed by atoms with Crippen LogP contribution < -0.4 is 5.73 Å². The predicted octanol–water partition coefficient (Wildman–Crippen LogP) is 1.33. The molecular weight excluding hydrogens is 176 g/mol. The summed E-state index contributed by atoms with van der Waals surface area (Å²) in [5, 5.41) is 0. The van der Waals surface area contributed by atoms with Gasteiger partial charge in [0.2, 0.25) is 0 Å². The molecule has 0 amide bonds. The molecule has 0 saturated heterocycles. The Morgan fingerprint density at radius 2 is 2.00 bits per heavy atom. The first-order valence-corrected chi connectivity index (χ1v) is 5.36. The summed E-state index contributed by atoms with van der Waals surface area (Å²) in [6, 6.07) is 0.505. The highest BCUT2D eigenvalue weighted by molar-refractivity contribution is 4.77. The quantitative estimate of drug-likeness (QED) is 0.677. The Morgan fingerprint density at radius 1 is 1.43 bits per heavy atom. The number of hydrogen-bond acceptors (Lipinski definition) is 3. The second-order valence-electron chi connectivity index (χ2n) is 4.80. The van der Waals surface area contributed by atoms with Crippen molar-refractivity contribution in [3.8, 4) is 0 Å². The average Bonchev–Trinajstić information content (AvgIpc) is 2.13. The fourth-order valence-corrected chi connectivity index (χ4v) is 1.62. The third-order valence-corrected chi connectivity index (χ3v) is 2.68. The van der Waals surface area contributed by atoms with Crippen LogP contribution in [0.15, 0.2) is 0 Å². The molecule has 0 radical (unpaired) electrons. The minimum Gasteiger partial charge on any atom is -0.383 e. The van der Waals surface area contributed by atoms with E-state index < -0.39 is 0 Å². The lowest BCUT2D eigenvalue weighted by Crippen LogP contribution is -2.43. The minimum absolute atomic E-state index is 0.190. The largest absolute Gasteiger partial charge is 0.383 e. The normalized spacial score (nSPS) is 14.8. The predicted molar refractivity (Wildman–Crippen MR) is 61.4 cm³/mol. The Hall–Kier alpha value is -0.120. The van der Waals surface area contributed by atoms with E-state index in [2.05, 4.69) is 32.7 Å². The third kappa shape index (κ3) is 4.94. The molecule has 0 aromatic heterocycles. The number of hydrogen-bond donors (Lipinski definition) is 1. The van der Waals surface area contributed by atoms with Crippen LogP contribution >= 0.6 is 0 Å². The van der Waals surface area contributed by atoms with Gasteiger partial charge >= 0.3 is 0 Å². The van der Waals surface area contributed by atoms with Crippen molar-refractivity contribution >= 4 is 0 Å². The second-order valence-corrected chi connectivity index (χ2v) is 4.80. The Kier molecular flexibility index (Phi) is 6.33. The summed E-state index contributed by atoms with van der Waals surface area (Å²) in [6.07, 6.45) is 1.12. The first-order valence-electron chi connectivity index (χ1n) is 5.36. The van der Waals surface area contributed by atoms with Gasteiger partial charge in [0.25, 0.3) is 0 Å². The molecule has 0 saturated carbocycles. The van der Waals surface area contributed by atoms with Gasteiger partial charge in [-0.3, -0.25) is 0 Å². The molecule has 0 rings (SSSR count). The molecule has 0 fully saturated rings. The van der Waals surface area contributed by atoms with Gasteiger partial charge in [-0.05, 0) is 25.4 Å². The Morgan fingerprint density at radius 3 is 2.36 bits per heavy atom. The summed E-state index contributed by atoms with van der Waals surface area (Å²) in [5.41, 5.74) is 5.90. The Labute approximate surface area is 88.6 Å². The maximum Gasteiger partial charge on any atom is 0.0617 e. The maximum atomic E-state index is 5.71. The molecule has 14 heavy (non-hydrogen) atoms. The first kappa shape index (κ1) is 13.9. The summed E-state index contributed by atoms with van der Waals surface area (Å²) in [6.45, 7) is 9.13. The fraction of sp³-hybridized carbons (Fsp3) is 1.00. The molecule has 1 unspecified atom stereocenters. The first-order chi connectivity index (χ1) is 6.46. The average molecular weight is 202 g/mol. The SMILES string of the molecule is CCC(COC)N(C)CC(C)(C)CN. The van der Waals surface area contributed by atoms with Gasteiger partial charge in [-0.25, -0.2) is 0 Å². The van der Waals surface area contributed by atoms with Crippen molar-refractivity contribution in [3.05, 3.63) is 0 Å². The lowest BCUT2D eigenvalue weighted by Gasteiger charge is -2.33. The van der Waals surface area contributed by atoms with Crippen LogP contribution in [-0.2, 0) is 4.74 Å². The molecule has 0 aromatic carbocycles. The number of likely N-dealkylation sites (N-methyl/N-ethyl adjacent to an activating group) is 1. The van der Waals surface area contributed by atoms with E-state index >= 15 is 0 Å². The number of nitrogens with zero attached hydrogens (tertiary/aromatic N) is 1. The van der Waals surface area contributed by atoms with Crippen molar-refractivity contribution < 1.29 is 4.74 Å². The summed E-state index contributed by atoms with van der Waals surface area (Å²) in [5.74, 6) is 0. The van der Waals surface area contributed by atoms with Crippen LogP contribution in [-0.4, -0.2) is 44.8 Å². The van der Waals surface area contributed by atoms with Gasteiger partial charge in [0.15, 0.2) is 0 Å². The summed E-state index contributed by atoms with van der Waals surface area (Å²) < 4.78 is 5.19. The van der Waals surface area contributed by atoms with Crippen molar-refractivity contribution in [2.75, 3.05) is 33.9 Å². The van der Waals surface area contributed by atoms with Crippen molar-refractivity contribution in [1.29, 1.82) is 0 Å². The van der Waals surface area contributed by atoms with Crippen molar-refractivity contribution in [2.45, 2.75) is 33.2 Å². The molecular formula is C11H26N2O. The van der Waals surface area contributed by atoms with Crippen molar-refractivity contribution in [2.24, 2.45) is 11.1 Å². The molecule has 1 atom stereocenters.